The Morgan fingerprint density at radius 3 is 1.26 bits per heavy atom. The van der Waals surface area contributed by atoms with Crippen molar-refractivity contribution >= 4 is 47.4 Å². The molecule has 232 valence electrons. The number of Topliss-reactive ketones (excluding diaryl/α,β-unsaturated/α-hetero) is 2. The fraction of sp³-hybridized carbons (Fsp3) is 0.0857. The van der Waals surface area contributed by atoms with Crippen LogP contribution in [0.5, 0.6) is 0 Å². The van der Waals surface area contributed by atoms with Crippen LogP contribution in [-0.2, 0) is 28.7 Å². The molecule has 0 saturated heterocycles. The van der Waals surface area contributed by atoms with Crippen LogP contribution in [0.4, 0.5) is 0 Å². The van der Waals surface area contributed by atoms with Gasteiger partial charge >= 0.3 is 35.8 Å². The summed E-state index contributed by atoms with van der Waals surface area (Å²) in [5.41, 5.74) is 1.33. The molecule has 0 aliphatic carbocycles. The number of hydrogen-bond acceptors (Lipinski definition) is 10. The molecule has 6 rings (SSSR count). The van der Waals surface area contributed by atoms with E-state index in [1.807, 2.05) is 0 Å². The van der Waals surface area contributed by atoms with Crippen LogP contribution in [0.15, 0.2) is 72.8 Å². The Balaban J connectivity index is 1.20. The summed E-state index contributed by atoms with van der Waals surface area (Å²) in [6.07, 6.45) is -0.487. The molecule has 0 spiro atoms. The largest absolute Gasteiger partial charge is 0.478 e. The van der Waals surface area contributed by atoms with Crippen molar-refractivity contribution in [3.63, 3.8) is 0 Å². The van der Waals surface area contributed by atoms with E-state index in [0.717, 1.165) is 0 Å². The van der Waals surface area contributed by atoms with Crippen molar-refractivity contribution in [2.24, 2.45) is 0 Å². The van der Waals surface area contributed by atoms with Gasteiger partial charge in [0.2, 0.25) is 0 Å². The fourth-order valence-electron chi connectivity index (χ4n) is 5.48. The molecular weight excluding hydrogens is 612 g/mol. The first-order chi connectivity index (χ1) is 22.4. The molecule has 47 heavy (non-hydrogen) atoms. The molecule has 0 aromatic heterocycles. The highest BCUT2D eigenvalue weighted by atomic mass is 16.6. The number of ketones is 2. The van der Waals surface area contributed by atoms with E-state index < -0.39 is 47.4 Å². The Labute approximate surface area is 264 Å². The lowest BCUT2D eigenvalue weighted by atomic mass is 9.92. The second-order valence-corrected chi connectivity index (χ2v) is 10.8. The van der Waals surface area contributed by atoms with Gasteiger partial charge in [-0.3, -0.25) is 9.59 Å². The lowest BCUT2D eigenvalue weighted by Gasteiger charge is -2.11. The van der Waals surface area contributed by atoms with E-state index in [1.54, 1.807) is 12.1 Å². The molecule has 0 radical (unpaired) electrons. The SMILES string of the molecule is O=C(Cc1ccc(Cc2ccc(CC(=O)c3ccc4c(c3)C(=O)OC4=O)c(C(=O)O)c2)cc1C(=O)O)c1ccc2c(c1)C(=O)OC2=O. The molecule has 0 fully saturated rings. The Bertz CT molecular complexity index is 1990. The number of carboxylic acids is 2. The molecule has 4 aromatic rings. The van der Waals surface area contributed by atoms with Crippen molar-refractivity contribution in [2.45, 2.75) is 19.3 Å². The molecule has 12 heteroatoms. The molecule has 2 aliphatic heterocycles. The summed E-state index contributed by atoms with van der Waals surface area (Å²) in [5, 5.41) is 19.8. The molecule has 2 heterocycles. The Morgan fingerprint density at radius 1 is 0.489 bits per heavy atom. The Hall–Kier alpha value is -6.56. The minimum atomic E-state index is -1.29. The van der Waals surface area contributed by atoms with Gasteiger partial charge in [0.1, 0.15) is 0 Å². The van der Waals surface area contributed by atoms with Crippen molar-refractivity contribution in [1.29, 1.82) is 0 Å². The predicted molar refractivity (Wildman–Crippen MR) is 158 cm³/mol. The van der Waals surface area contributed by atoms with Gasteiger partial charge < -0.3 is 19.7 Å². The number of carbonyl (C=O) groups excluding carboxylic acids is 6. The van der Waals surface area contributed by atoms with Gasteiger partial charge in [-0.1, -0.05) is 36.4 Å². The molecule has 0 atom stereocenters. The third-order valence-electron chi connectivity index (χ3n) is 7.85. The van der Waals surface area contributed by atoms with E-state index in [2.05, 4.69) is 9.47 Å². The average Bonchev–Trinajstić information content (AvgIpc) is 3.49. The smallest absolute Gasteiger partial charge is 0.346 e. The second kappa shape index (κ2) is 11.7. The quantitative estimate of drug-likeness (QED) is 0.144. The number of esters is 4. The summed E-state index contributed by atoms with van der Waals surface area (Å²) in [6.45, 7) is 0. The highest BCUT2D eigenvalue weighted by molar-refractivity contribution is 6.17. The number of rotatable bonds is 10. The van der Waals surface area contributed by atoms with Gasteiger partial charge in [0.25, 0.3) is 0 Å². The first kappa shape index (κ1) is 30.5. The van der Waals surface area contributed by atoms with Crippen molar-refractivity contribution < 1.29 is 58.0 Å². The monoisotopic (exact) mass is 632 g/mol. The number of aromatic carboxylic acids is 2. The van der Waals surface area contributed by atoms with E-state index >= 15 is 0 Å². The second-order valence-electron chi connectivity index (χ2n) is 10.8. The summed E-state index contributed by atoms with van der Waals surface area (Å²) in [7, 11) is 0. The fourth-order valence-corrected chi connectivity index (χ4v) is 5.48. The number of fused-ring (bicyclic) bond motifs is 2. The lowest BCUT2D eigenvalue weighted by Crippen LogP contribution is -2.11. The van der Waals surface area contributed by atoms with Gasteiger partial charge in [-0.05, 0) is 65.1 Å². The summed E-state index contributed by atoms with van der Waals surface area (Å²) in [4.78, 5) is 97.3. The van der Waals surface area contributed by atoms with E-state index in [-0.39, 0.29) is 74.9 Å². The summed E-state index contributed by atoms with van der Waals surface area (Å²) in [5.74, 6) is -6.91. The van der Waals surface area contributed by atoms with Crippen LogP contribution in [-0.4, -0.2) is 57.6 Å². The zero-order valence-electron chi connectivity index (χ0n) is 24.0. The Morgan fingerprint density at radius 2 is 0.872 bits per heavy atom. The van der Waals surface area contributed by atoms with Gasteiger partial charge in [-0.2, -0.15) is 0 Å². The molecule has 12 nitrogen and oxygen atoms in total. The molecular formula is C35H20O12. The molecule has 4 aromatic carbocycles. The molecule has 0 saturated carbocycles. The number of cyclic esters (lactones) is 4. The van der Waals surface area contributed by atoms with Crippen LogP contribution >= 0.6 is 0 Å². The zero-order chi connectivity index (χ0) is 33.6. The summed E-state index contributed by atoms with van der Waals surface area (Å²) < 4.78 is 9.08. The molecule has 2 N–H and O–H groups in total. The van der Waals surface area contributed by atoms with Crippen LogP contribution < -0.4 is 0 Å². The number of carbonyl (C=O) groups is 8. The number of benzene rings is 4. The van der Waals surface area contributed by atoms with Gasteiger partial charge in [0, 0.05) is 24.0 Å². The third-order valence-corrected chi connectivity index (χ3v) is 7.85. The summed E-state index contributed by atoms with van der Waals surface area (Å²) >= 11 is 0. The lowest BCUT2D eigenvalue weighted by molar-refractivity contribution is 0.0425. The minimum absolute atomic E-state index is 0.0406. The maximum absolute atomic E-state index is 13.0. The van der Waals surface area contributed by atoms with Crippen LogP contribution in [0.25, 0.3) is 0 Å². The number of hydrogen-bond donors (Lipinski definition) is 2. The maximum Gasteiger partial charge on any atom is 0.346 e. The van der Waals surface area contributed by atoms with Gasteiger partial charge in [0.05, 0.1) is 33.4 Å². The van der Waals surface area contributed by atoms with E-state index in [0.29, 0.717) is 11.1 Å². The topological polar surface area (TPSA) is 195 Å². The third kappa shape index (κ3) is 5.82. The van der Waals surface area contributed by atoms with Crippen LogP contribution in [0.1, 0.15) is 105 Å². The van der Waals surface area contributed by atoms with Gasteiger partial charge in [-0.15, -0.1) is 0 Å². The highest BCUT2D eigenvalue weighted by Gasteiger charge is 2.31. The first-order valence-corrected chi connectivity index (χ1v) is 14.0. The van der Waals surface area contributed by atoms with Gasteiger partial charge in [-0.25, -0.2) is 28.8 Å². The van der Waals surface area contributed by atoms with Crippen LogP contribution in [0.3, 0.4) is 0 Å². The van der Waals surface area contributed by atoms with Gasteiger partial charge in [0.15, 0.2) is 11.6 Å². The standard InChI is InChI=1S/C35H20O12/c36-28(20-5-7-22-26(12-20)34(44)46-32(22)42)14-18-3-1-16(10-24(18)30(38)39)9-17-2-4-19(25(11-17)31(40)41)15-29(37)21-6-8-23-27(13-21)35(45)47-33(23)43/h1-8,10-13H,9,14-15H2,(H,38,39)(H,40,41). The Kier molecular flexibility index (Phi) is 7.61. The van der Waals surface area contributed by atoms with E-state index in [4.69, 9.17) is 0 Å². The van der Waals surface area contributed by atoms with E-state index in [1.165, 1.54) is 60.7 Å². The average molecular weight is 633 g/mol. The minimum Gasteiger partial charge on any atom is -0.478 e. The summed E-state index contributed by atoms with van der Waals surface area (Å²) in [6, 6.07) is 16.7. The molecule has 0 unspecified atom stereocenters. The van der Waals surface area contributed by atoms with Crippen molar-refractivity contribution in [3.05, 3.63) is 140 Å². The van der Waals surface area contributed by atoms with Crippen molar-refractivity contribution in [3.8, 4) is 0 Å². The molecule has 2 aliphatic rings. The predicted octanol–water partition coefficient (Wildman–Crippen LogP) is 4.15. The number of ether oxygens (including phenoxy) is 2. The molecule has 0 amide bonds. The first-order valence-electron chi connectivity index (χ1n) is 14.0. The van der Waals surface area contributed by atoms with Crippen molar-refractivity contribution in [2.75, 3.05) is 0 Å². The zero-order valence-corrected chi connectivity index (χ0v) is 24.0. The van der Waals surface area contributed by atoms with Crippen LogP contribution in [0.2, 0.25) is 0 Å². The van der Waals surface area contributed by atoms with E-state index in [9.17, 15) is 48.6 Å². The van der Waals surface area contributed by atoms with Crippen molar-refractivity contribution in [1.82, 2.24) is 0 Å². The normalized spacial score (nSPS) is 13.1. The van der Waals surface area contributed by atoms with Crippen LogP contribution in [0, 0.1) is 0 Å². The molecule has 0 bridgehead atoms. The maximum atomic E-state index is 13.0. The highest BCUT2D eigenvalue weighted by Crippen LogP contribution is 2.25. The number of carboxylic acid groups (broad SMARTS) is 2.